The molecule has 0 atom stereocenters. The van der Waals surface area contributed by atoms with E-state index in [4.69, 9.17) is 0 Å². The van der Waals surface area contributed by atoms with Crippen LogP contribution in [-0.2, 0) is 0 Å². The fourth-order valence-corrected chi connectivity index (χ4v) is 0.376. The van der Waals surface area contributed by atoms with Gasteiger partial charge < -0.3 is 10.1 Å². The van der Waals surface area contributed by atoms with Crippen molar-refractivity contribution < 1.29 is 4.92 Å². The van der Waals surface area contributed by atoms with Crippen LogP contribution >= 0.6 is 0 Å². The van der Waals surface area contributed by atoms with Gasteiger partial charge in [-0.3, -0.25) is 0 Å². The molecular formula is C3H3N3O2. The fourth-order valence-electron chi connectivity index (χ4n) is 0.376. The summed E-state index contributed by atoms with van der Waals surface area (Å²) in [6.45, 7) is 0.118. The van der Waals surface area contributed by atoms with Gasteiger partial charge in [-0.2, -0.15) is 0 Å². The molecule has 0 aromatic carbocycles. The van der Waals surface area contributed by atoms with Gasteiger partial charge in [-0.25, -0.2) is 4.99 Å². The van der Waals surface area contributed by atoms with E-state index in [1.165, 1.54) is 6.34 Å². The third-order valence-corrected chi connectivity index (χ3v) is 0.732. The lowest BCUT2D eigenvalue weighted by atomic mass is 10.6. The van der Waals surface area contributed by atoms with E-state index in [-0.39, 0.29) is 12.4 Å². The second kappa shape index (κ2) is 1.69. The van der Waals surface area contributed by atoms with Crippen molar-refractivity contribution >= 4 is 12.2 Å². The first-order valence-corrected chi connectivity index (χ1v) is 2.00. The van der Waals surface area contributed by atoms with E-state index in [2.05, 4.69) is 9.98 Å². The Morgan fingerprint density at radius 1 is 1.88 bits per heavy atom. The highest BCUT2D eigenvalue weighted by atomic mass is 16.6. The van der Waals surface area contributed by atoms with Crippen LogP contribution < -0.4 is 0 Å². The second-order valence-electron chi connectivity index (χ2n) is 1.26. The molecule has 0 amide bonds. The maximum atomic E-state index is 9.80. The van der Waals surface area contributed by atoms with Crippen LogP contribution in [0.4, 0.5) is 0 Å². The largest absolute Gasteiger partial charge is 0.362 e. The molecule has 0 saturated heterocycles. The minimum absolute atomic E-state index is 0.0787. The van der Waals surface area contributed by atoms with Gasteiger partial charge in [-0.05, 0) is 9.92 Å². The molecule has 1 rings (SSSR count). The summed E-state index contributed by atoms with van der Waals surface area (Å²) in [7, 11) is 0. The molecule has 8 heavy (non-hydrogen) atoms. The van der Waals surface area contributed by atoms with Crippen molar-refractivity contribution in [2.45, 2.75) is 0 Å². The van der Waals surface area contributed by atoms with E-state index >= 15 is 0 Å². The Morgan fingerprint density at radius 2 is 2.62 bits per heavy atom. The highest BCUT2D eigenvalue weighted by Crippen LogP contribution is 1.87. The molecule has 0 aromatic rings. The minimum Gasteiger partial charge on any atom is -0.358 e. The topological polar surface area (TPSA) is 67.9 Å². The predicted molar refractivity (Wildman–Crippen MR) is 27.8 cm³/mol. The summed E-state index contributed by atoms with van der Waals surface area (Å²) in [5, 5.41) is 9.80. The second-order valence-corrected chi connectivity index (χ2v) is 1.26. The van der Waals surface area contributed by atoms with E-state index in [0.29, 0.717) is 0 Å². The molecule has 42 valence electrons. The Kier molecular flexibility index (Phi) is 1.03. The monoisotopic (exact) mass is 113 g/mol. The van der Waals surface area contributed by atoms with Crippen LogP contribution in [0, 0.1) is 10.1 Å². The maximum Gasteiger partial charge on any atom is 0.362 e. The predicted octanol–water partition coefficient (Wildman–Crippen LogP) is -0.297. The van der Waals surface area contributed by atoms with Crippen LogP contribution in [-0.4, -0.2) is 23.6 Å². The van der Waals surface area contributed by atoms with Gasteiger partial charge in [0.05, 0.1) is 0 Å². The Balaban J connectivity index is 2.64. The van der Waals surface area contributed by atoms with Crippen LogP contribution in [0.1, 0.15) is 0 Å². The summed E-state index contributed by atoms with van der Waals surface area (Å²) in [6.07, 6.45) is 1.19. The molecule has 0 N–H and O–H groups in total. The lowest BCUT2D eigenvalue weighted by Gasteiger charge is -1.85. The minimum atomic E-state index is -0.535. The Morgan fingerprint density at radius 3 is 2.88 bits per heavy atom. The standard InChI is InChI=1S/C3H3N3O2/c7-6(8)3-1-4-2-5-3/h2H,1H2. The number of aliphatic imine (C=N–C) groups is 2. The van der Waals surface area contributed by atoms with Crippen LogP contribution in [0.5, 0.6) is 0 Å². The summed E-state index contributed by atoms with van der Waals surface area (Å²) in [4.78, 5) is 16.1. The van der Waals surface area contributed by atoms with Gasteiger partial charge in [-0.1, -0.05) is 0 Å². The number of hydrogen-bond donors (Lipinski definition) is 0. The van der Waals surface area contributed by atoms with Gasteiger partial charge in [0.15, 0.2) is 6.54 Å². The zero-order valence-corrected chi connectivity index (χ0v) is 3.94. The summed E-state index contributed by atoms with van der Waals surface area (Å²) in [5.74, 6) is -0.0787. The van der Waals surface area contributed by atoms with Gasteiger partial charge in [0.25, 0.3) is 0 Å². The van der Waals surface area contributed by atoms with Crippen molar-refractivity contribution in [3.05, 3.63) is 10.1 Å². The Bertz CT molecular complexity index is 171. The van der Waals surface area contributed by atoms with Gasteiger partial charge in [0, 0.05) is 0 Å². The molecule has 5 nitrogen and oxygen atoms in total. The lowest BCUT2D eigenvalue weighted by Crippen LogP contribution is -2.11. The van der Waals surface area contributed by atoms with E-state index in [0.717, 1.165) is 0 Å². The SMILES string of the molecule is O=[N+]([O-])C1=NC=NC1. The summed E-state index contributed by atoms with van der Waals surface area (Å²) >= 11 is 0. The first kappa shape index (κ1) is 4.89. The first-order valence-electron chi connectivity index (χ1n) is 2.00. The Hall–Kier alpha value is -1.26. The van der Waals surface area contributed by atoms with Crippen molar-refractivity contribution in [3.63, 3.8) is 0 Å². The highest BCUT2D eigenvalue weighted by molar-refractivity contribution is 5.88. The van der Waals surface area contributed by atoms with E-state index in [9.17, 15) is 10.1 Å². The van der Waals surface area contributed by atoms with Crippen LogP contribution in [0.15, 0.2) is 9.98 Å². The number of nitrogens with zero attached hydrogens (tertiary/aromatic N) is 3. The number of rotatable bonds is 0. The van der Waals surface area contributed by atoms with Crippen molar-refractivity contribution in [3.8, 4) is 0 Å². The van der Waals surface area contributed by atoms with Gasteiger partial charge in [0.1, 0.15) is 0 Å². The zero-order chi connectivity index (χ0) is 5.98. The number of hydrogen-bond acceptors (Lipinski definition) is 4. The molecule has 1 heterocycles. The van der Waals surface area contributed by atoms with Gasteiger partial charge in [0.2, 0.25) is 6.34 Å². The molecule has 0 spiro atoms. The van der Waals surface area contributed by atoms with Crippen molar-refractivity contribution in [1.29, 1.82) is 0 Å². The number of amidine groups is 1. The summed E-state index contributed by atoms with van der Waals surface area (Å²) in [5.41, 5.74) is 0. The summed E-state index contributed by atoms with van der Waals surface area (Å²) in [6, 6.07) is 0. The van der Waals surface area contributed by atoms with E-state index < -0.39 is 4.92 Å². The quantitative estimate of drug-likeness (QED) is 0.319. The molecule has 0 fully saturated rings. The Labute approximate surface area is 44.9 Å². The van der Waals surface area contributed by atoms with Crippen LogP contribution in [0.2, 0.25) is 0 Å². The molecule has 0 aliphatic carbocycles. The highest BCUT2D eigenvalue weighted by Gasteiger charge is 2.13. The summed E-state index contributed by atoms with van der Waals surface area (Å²) < 4.78 is 0. The smallest absolute Gasteiger partial charge is 0.358 e. The molecule has 0 bridgehead atoms. The average molecular weight is 113 g/mol. The van der Waals surface area contributed by atoms with Crippen LogP contribution in [0.25, 0.3) is 0 Å². The van der Waals surface area contributed by atoms with E-state index in [1.807, 2.05) is 0 Å². The zero-order valence-electron chi connectivity index (χ0n) is 3.94. The van der Waals surface area contributed by atoms with Crippen molar-refractivity contribution in [2.75, 3.05) is 6.54 Å². The lowest BCUT2D eigenvalue weighted by molar-refractivity contribution is -0.351. The van der Waals surface area contributed by atoms with Gasteiger partial charge in [-0.15, -0.1) is 0 Å². The number of nitro groups is 1. The average Bonchev–Trinajstić information content (AvgIpc) is 2.12. The van der Waals surface area contributed by atoms with Crippen molar-refractivity contribution in [2.24, 2.45) is 9.98 Å². The fraction of sp³-hybridized carbons (Fsp3) is 0.333. The molecule has 0 unspecified atom stereocenters. The third kappa shape index (κ3) is 0.699. The van der Waals surface area contributed by atoms with E-state index in [1.54, 1.807) is 0 Å². The third-order valence-electron chi connectivity index (χ3n) is 0.732. The molecular weight excluding hydrogens is 110 g/mol. The van der Waals surface area contributed by atoms with Crippen LogP contribution in [0.3, 0.4) is 0 Å². The van der Waals surface area contributed by atoms with Gasteiger partial charge >= 0.3 is 5.84 Å². The maximum absolute atomic E-state index is 9.80. The van der Waals surface area contributed by atoms with Crippen molar-refractivity contribution in [1.82, 2.24) is 0 Å². The molecule has 0 saturated carbocycles. The molecule has 1 aliphatic rings. The normalized spacial score (nSPS) is 16.2. The molecule has 0 aromatic heterocycles. The molecule has 5 heteroatoms. The molecule has 1 aliphatic heterocycles. The first-order chi connectivity index (χ1) is 3.80. The molecule has 0 radical (unpaired) electrons.